The van der Waals surface area contributed by atoms with Gasteiger partial charge in [-0.05, 0) is 24.3 Å². The van der Waals surface area contributed by atoms with E-state index in [0.717, 1.165) is 5.69 Å². The van der Waals surface area contributed by atoms with Gasteiger partial charge >= 0.3 is 0 Å². The van der Waals surface area contributed by atoms with Crippen LogP contribution in [0, 0.1) is 16.8 Å². The van der Waals surface area contributed by atoms with Crippen molar-refractivity contribution in [1.29, 1.82) is 10.9 Å². The van der Waals surface area contributed by atoms with Crippen molar-refractivity contribution in [3.05, 3.63) is 65.5 Å². The van der Waals surface area contributed by atoms with Gasteiger partial charge in [-0.3, -0.25) is 5.41 Å². The Morgan fingerprint density at radius 1 is 1.33 bits per heavy atom. The largest absolute Gasteiger partial charge is 0.382 e. The van der Waals surface area contributed by atoms with E-state index in [0.29, 0.717) is 23.5 Å². The zero-order valence-corrected chi connectivity index (χ0v) is 11.2. The van der Waals surface area contributed by atoms with Crippen molar-refractivity contribution in [2.45, 2.75) is 6.42 Å². The number of benzene rings is 1. The standard InChI is InChI=1S/C14H15FN6/c15-11-3-1-2-4-12(11)19-8-10(21-18)7-9-5-6-13(20-9)14(16)17/h1-6,8,18-20H,7H2,(H3,16,17)/b10-8-,21-18?. The normalized spacial score (nSPS) is 11.2. The van der Waals surface area contributed by atoms with Crippen LogP contribution in [0.4, 0.5) is 10.1 Å². The molecule has 1 heterocycles. The molecule has 0 aliphatic rings. The number of nitrogens with two attached hydrogens (primary N) is 1. The summed E-state index contributed by atoms with van der Waals surface area (Å²) in [5.41, 5.74) is 14.5. The summed E-state index contributed by atoms with van der Waals surface area (Å²) in [6.07, 6.45) is 1.82. The summed E-state index contributed by atoms with van der Waals surface area (Å²) in [5, 5.41) is 13.5. The summed E-state index contributed by atoms with van der Waals surface area (Å²) < 4.78 is 13.5. The number of amidine groups is 1. The van der Waals surface area contributed by atoms with E-state index in [9.17, 15) is 4.39 Å². The van der Waals surface area contributed by atoms with Gasteiger partial charge in [0.1, 0.15) is 11.7 Å². The molecule has 1 aromatic carbocycles. The third-order valence-electron chi connectivity index (χ3n) is 2.82. The molecule has 0 unspecified atom stereocenters. The Bertz CT molecular complexity index is 688. The molecule has 6 nitrogen and oxygen atoms in total. The number of nitrogens with zero attached hydrogens (tertiary/aromatic N) is 1. The first-order chi connectivity index (χ1) is 10.1. The van der Waals surface area contributed by atoms with E-state index >= 15 is 0 Å². The predicted octanol–water partition coefficient (Wildman–Crippen LogP) is 2.96. The first-order valence-corrected chi connectivity index (χ1v) is 6.20. The smallest absolute Gasteiger partial charge is 0.146 e. The molecule has 2 rings (SSSR count). The number of halogens is 1. The first kappa shape index (κ1) is 14.4. The third-order valence-corrected chi connectivity index (χ3v) is 2.82. The Labute approximate surface area is 120 Å². The van der Waals surface area contributed by atoms with Gasteiger partial charge in [-0.1, -0.05) is 12.1 Å². The van der Waals surface area contributed by atoms with E-state index in [-0.39, 0.29) is 11.7 Å². The Morgan fingerprint density at radius 3 is 2.71 bits per heavy atom. The maximum absolute atomic E-state index is 13.5. The highest BCUT2D eigenvalue weighted by Gasteiger charge is 2.05. The second-order valence-corrected chi connectivity index (χ2v) is 4.36. The van der Waals surface area contributed by atoms with Crippen molar-refractivity contribution in [1.82, 2.24) is 4.98 Å². The number of rotatable bonds is 6. The highest BCUT2D eigenvalue weighted by atomic mass is 19.1. The summed E-state index contributed by atoms with van der Waals surface area (Å²) in [4.78, 5) is 2.95. The average molecular weight is 286 g/mol. The zero-order valence-electron chi connectivity index (χ0n) is 11.2. The minimum absolute atomic E-state index is 0.0564. The lowest BCUT2D eigenvalue weighted by Gasteiger charge is -2.04. The van der Waals surface area contributed by atoms with Crippen LogP contribution in [0.5, 0.6) is 0 Å². The molecule has 0 amide bonds. The van der Waals surface area contributed by atoms with Crippen LogP contribution in [-0.4, -0.2) is 10.8 Å². The molecule has 6 N–H and O–H groups in total. The second kappa shape index (κ2) is 6.47. The maximum Gasteiger partial charge on any atom is 0.146 e. The van der Waals surface area contributed by atoms with Crippen LogP contribution in [0.15, 0.2) is 53.4 Å². The number of aromatic nitrogens is 1. The van der Waals surface area contributed by atoms with Crippen LogP contribution >= 0.6 is 0 Å². The lowest BCUT2D eigenvalue weighted by molar-refractivity contribution is 0.632. The fourth-order valence-electron chi connectivity index (χ4n) is 1.76. The van der Waals surface area contributed by atoms with Crippen LogP contribution in [0.3, 0.4) is 0 Å². The zero-order chi connectivity index (χ0) is 15.2. The first-order valence-electron chi connectivity index (χ1n) is 6.20. The lowest BCUT2D eigenvalue weighted by Crippen LogP contribution is -2.11. The molecule has 108 valence electrons. The van der Waals surface area contributed by atoms with Crippen molar-refractivity contribution in [3.63, 3.8) is 0 Å². The highest BCUT2D eigenvalue weighted by molar-refractivity contribution is 5.93. The SMILES string of the molecule is N=N/C(=C\Nc1ccccc1F)Cc1ccc(C(=N)N)[nH]1. The molecular formula is C14H15FN6. The van der Waals surface area contributed by atoms with Gasteiger partial charge in [-0.2, -0.15) is 5.11 Å². The maximum atomic E-state index is 13.5. The van der Waals surface area contributed by atoms with E-state index in [4.69, 9.17) is 16.7 Å². The van der Waals surface area contributed by atoms with Crippen LogP contribution < -0.4 is 11.1 Å². The quantitative estimate of drug-likeness (QED) is 0.319. The van der Waals surface area contributed by atoms with Crippen LogP contribution in [-0.2, 0) is 6.42 Å². The van der Waals surface area contributed by atoms with Crippen LogP contribution in [0.2, 0.25) is 0 Å². The fraction of sp³-hybridized carbons (Fsp3) is 0.0714. The summed E-state index contributed by atoms with van der Waals surface area (Å²) in [7, 11) is 0. The van der Waals surface area contributed by atoms with Crippen molar-refractivity contribution in [2.75, 3.05) is 5.32 Å². The van der Waals surface area contributed by atoms with E-state index in [1.807, 2.05) is 0 Å². The molecule has 0 fully saturated rings. The molecule has 2 aromatic rings. The molecule has 0 spiro atoms. The van der Waals surface area contributed by atoms with Gasteiger partial charge in [0.15, 0.2) is 0 Å². The van der Waals surface area contributed by atoms with Gasteiger partial charge in [0, 0.05) is 18.3 Å². The van der Waals surface area contributed by atoms with Crippen LogP contribution in [0.1, 0.15) is 11.4 Å². The Hall–Kier alpha value is -2.96. The van der Waals surface area contributed by atoms with Gasteiger partial charge in [0.25, 0.3) is 0 Å². The van der Waals surface area contributed by atoms with E-state index in [1.54, 1.807) is 30.3 Å². The topological polar surface area (TPSA) is 114 Å². The highest BCUT2D eigenvalue weighted by Crippen LogP contribution is 2.14. The molecular weight excluding hydrogens is 271 g/mol. The molecule has 0 saturated heterocycles. The van der Waals surface area contributed by atoms with E-state index in [2.05, 4.69) is 15.4 Å². The number of aromatic amines is 1. The number of nitrogen functional groups attached to an aromatic ring is 1. The molecule has 0 saturated carbocycles. The minimum Gasteiger partial charge on any atom is -0.382 e. The number of nitrogens with one attached hydrogen (secondary N) is 4. The molecule has 21 heavy (non-hydrogen) atoms. The van der Waals surface area contributed by atoms with Crippen LogP contribution in [0.25, 0.3) is 0 Å². The molecule has 0 bridgehead atoms. The third kappa shape index (κ3) is 3.75. The number of H-pyrrole nitrogens is 1. The molecule has 7 heteroatoms. The van der Waals surface area contributed by atoms with Crippen molar-refractivity contribution in [2.24, 2.45) is 10.8 Å². The second-order valence-electron chi connectivity index (χ2n) is 4.36. The number of hydrogen-bond donors (Lipinski definition) is 5. The Kier molecular flexibility index (Phi) is 4.45. The Balaban J connectivity index is 2.08. The Morgan fingerprint density at radius 2 is 2.10 bits per heavy atom. The number of hydrogen-bond acceptors (Lipinski definition) is 4. The van der Waals surface area contributed by atoms with E-state index in [1.165, 1.54) is 12.3 Å². The summed E-state index contributed by atoms with van der Waals surface area (Å²) >= 11 is 0. The number of allylic oxidation sites excluding steroid dienone is 1. The van der Waals surface area contributed by atoms with Crippen molar-refractivity contribution < 1.29 is 4.39 Å². The van der Waals surface area contributed by atoms with Crippen molar-refractivity contribution in [3.8, 4) is 0 Å². The van der Waals surface area contributed by atoms with Gasteiger partial charge in [0.05, 0.1) is 17.1 Å². The van der Waals surface area contributed by atoms with Gasteiger partial charge < -0.3 is 16.0 Å². The monoisotopic (exact) mass is 286 g/mol. The summed E-state index contributed by atoms with van der Waals surface area (Å²) in [6, 6.07) is 9.69. The van der Waals surface area contributed by atoms with Gasteiger partial charge in [-0.25, -0.2) is 9.92 Å². The fourth-order valence-corrected chi connectivity index (χ4v) is 1.76. The molecule has 0 radical (unpaired) electrons. The number of anilines is 1. The predicted molar refractivity (Wildman–Crippen MR) is 78.8 cm³/mol. The number of para-hydroxylation sites is 1. The summed E-state index contributed by atoms with van der Waals surface area (Å²) in [5.74, 6) is -0.434. The molecule has 0 aliphatic carbocycles. The lowest BCUT2D eigenvalue weighted by atomic mass is 10.2. The van der Waals surface area contributed by atoms with E-state index < -0.39 is 0 Å². The molecule has 1 aromatic heterocycles. The molecule has 0 aliphatic heterocycles. The van der Waals surface area contributed by atoms with Gasteiger partial charge in [0.2, 0.25) is 0 Å². The average Bonchev–Trinajstić information content (AvgIpc) is 2.93. The minimum atomic E-state index is -0.378. The summed E-state index contributed by atoms with van der Waals surface area (Å²) in [6.45, 7) is 0. The molecule has 0 atom stereocenters. The van der Waals surface area contributed by atoms with Crippen molar-refractivity contribution >= 4 is 11.5 Å². The van der Waals surface area contributed by atoms with Gasteiger partial charge in [-0.15, -0.1) is 0 Å².